The summed E-state index contributed by atoms with van der Waals surface area (Å²) in [6.45, 7) is 4.04. The summed E-state index contributed by atoms with van der Waals surface area (Å²) in [6, 6.07) is 33.3. The van der Waals surface area contributed by atoms with E-state index in [0.29, 0.717) is 39.8 Å². The lowest BCUT2D eigenvalue weighted by Crippen LogP contribution is -2.02. The first-order valence-corrected chi connectivity index (χ1v) is 14.8. The minimum absolute atomic E-state index is 0.302. The van der Waals surface area contributed by atoms with Gasteiger partial charge in [-0.15, -0.1) is 5.10 Å². The molecular weight excluding hydrogens is 577 g/mol. The maximum absolute atomic E-state index is 15.7. The summed E-state index contributed by atoms with van der Waals surface area (Å²) in [7, 11) is 0. The normalized spacial score (nSPS) is 11.4. The Balaban J connectivity index is 1.23. The van der Waals surface area contributed by atoms with Crippen molar-refractivity contribution in [3.63, 3.8) is 0 Å². The van der Waals surface area contributed by atoms with Crippen LogP contribution < -0.4 is 4.74 Å². The number of hydrogen-bond acceptors (Lipinski definition) is 6. The SMILES string of the molecule is Cc1ccc(-c2c(F)nn(-c3cccc(Oc4ccc5c6ccccc6n(-c6cc(C)ccn6)c5c4)c3)c2-c2ncncn2)cc1. The van der Waals surface area contributed by atoms with E-state index in [0.717, 1.165) is 38.8 Å². The van der Waals surface area contributed by atoms with Gasteiger partial charge in [0.1, 0.15) is 35.7 Å². The van der Waals surface area contributed by atoms with Crippen molar-refractivity contribution in [3.8, 4) is 45.6 Å². The van der Waals surface area contributed by atoms with Crippen LogP contribution in [0.1, 0.15) is 11.1 Å². The van der Waals surface area contributed by atoms with Crippen molar-refractivity contribution >= 4 is 21.8 Å². The molecule has 0 spiro atoms. The summed E-state index contributed by atoms with van der Waals surface area (Å²) in [5.74, 6) is 1.71. The summed E-state index contributed by atoms with van der Waals surface area (Å²) < 4.78 is 25.8. The average Bonchev–Trinajstić information content (AvgIpc) is 3.60. The van der Waals surface area contributed by atoms with Crippen molar-refractivity contribution in [2.45, 2.75) is 13.8 Å². The molecule has 46 heavy (non-hydrogen) atoms. The predicted molar refractivity (Wildman–Crippen MR) is 176 cm³/mol. The van der Waals surface area contributed by atoms with Crippen LogP contribution in [0.3, 0.4) is 0 Å². The van der Waals surface area contributed by atoms with Crippen molar-refractivity contribution in [2.24, 2.45) is 0 Å². The van der Waals surface area contributed by atoms with Crippen LogP contribution in [0.25, 0.3) is 56.0 Å². The number of para-hydroxylation sites is 1. The molecule has 0 radical (unpaired) electrons. The van der Waals surface area contributed by atoms with E-state index in [-0.39, 0.29) is 0 Å². The molecule has 8 rings (SSSR count). The molecule has 0 N–H and O–H groups in total. The molecule has 0 atom stereocenters. The Labute approximate surface area is 263 Å². The van der Waals surface area contributed by atoms with Crippen molar-refractivity contribution in [1.82, 2.24) is 34.3 Å². The number of pyridine rings is 1. The monoisotopic (exact) mass is 603 g/mol. The number of benzene rings is 4. The number of nitrogens with zero attached hydrogens (tertiary/aromatic N) is 7. The Hall–Kier alpha value is -6.22. The van der Waals surface area contributed by atoms with Gasteiger partial charge in [-0.25, -0.2) is 24.6 Å². The van der Waals surface area contributed by atoms with Crippen LogP contribution in [0.4, 0.5) is 4.39 Å². The Bertz CT molecular complexity index is 2380. The third kappa shape index (κ3) is 4.75. The van der Waals surface area contributed by atoms with Crippen LogP contribution in [0.5, 0.6) is 11.5 Å². The van der Waals surface area contributed by atoms with Gasteiger partial charge in [-0.05, 0) is 67.4 Å². The lowest BCUT2D eigenvalue weighted by molar-refractivity contribution is 0.482. The van der Waals surface area contributed by atoms with Gasteiger partial charge in [0.2, 0.25) is 5.95 Å². The number of hydrogen-bond donors (Lipinski definition) is 0. The van der Waals surface area contributed by atoms with Crippen molar-refractivity contribution in [1.29, 1.82) is 0 Å². The fourth-order valence-corrected chi connectivity index (χ4v) is 5.84. The lowest BCUT2D eigenvalue weighted by Gasteiger charge is -2.12. The van der Waals surface area contributed by atoms with Crippen molar-refractivity contribution in [3.05, 3.63) is 139 Å². The smallest absolute Gasteiger partial charge is 0.241 e. The average molecular weight is 604 g/mol. The van der Waals surface area contributed by atoms with Gasteiger partial charge in [0.05, 0.1) is 22.3 Å². The van der Waals surface area contributed by atoms with Crippen LogP contribution >= 0.6 is 0 Å². The zero-order valence-electron chi connectivity index (χ0n) is 25.0. The Morgan fingerprint density at radius 3 is 2.28 bits per heavy atom. The molecule has 8 aromatic rings. The van der Waals surface area contributed by atoms with Gasteiger partial charge in [0.25, 0.3) is 0 Å². The molecule has 222 valence electrons. The molecule has 0 bridgehead atoms. The highest BCUT2D eigenvalue weighted by atomic mass is 19.1. The Morgan fingerprint density at radius 1 is 0.674 bits per heavy atom. The molecule has 0 saturated carbocycles. The van der Waals surface area contributed by atoms with E-state index in [2.05, 4.69) is 60.8 Å². The molecule has 9 heteroatoms. The minimum atomic E-state index is -0.631. The van der Waals surface area contributed by atoms with Crippen LogP contribution in [-0.4, -0.2) is 34.3 Å². The lowest BCUT2D eigenvalue weighted by atomic mass is 10.0. The van der Waals surface area contributed by atoms with Crippen LogP contribution in [0.15, 0.2) is 122 Å². The van der Waals surface area contributed by atoms with E-state index >= 15 is 4.39 Å². The number of halogens is 1. The molecule has 0 aliphatic rings. The maximum Gasteiger partial charge on any atom is 0.241 e. The predicted octanol–water partition coefficient (Wildman–Crippen LogP) is 8.43. The fraction of sp³-hybridized carbons (Fsp3) is 0.0541. The first-order valence-electron chi connectivity index (χ1n) is 14.8. The van der Waals surface area contributed by atoms with Crippen LogP contribution in [0.2, 0.25) is 0 Å². The zero-order chi connectivity index (χ0) is 31.2. The molecule has 0 aliphatic carbocycles. The third-order valence-corrected chi connectivity index (χ3v) is 7.96. The number of rotatable bonds is 6. The van der Waals surface area contributed by atoms with Gasteiger partial charge in [-0.1, -0.05) is 54.1 Å². The molecule has 8 nitrogen and oxygen atoms in total. The van der Waals surface area contributed by atoms with E-state index in [9.17, 15) is 0 Å². The van der Waals surface area contributed by atoms with Crippen LogP contribution in [-0.2, 0) is 0 Å². The highest BCUT2D eigenvalue weighted by molar-refractivity contribution is 6.09. The molecule has 0 saturated heterocycles. The van der Waals surface area contributed by atoms with Gasteiger partial charge in [-0.3, -0.25) is 4.57 Å². The number of fused-ring (bicyclic) bond motifs is 3. The summed E-state index contributed by atoms with van der Waals surface area (Å²) in [5, 5.41) is 6.53. The van der Waals surface area contributed by atoms with E-state index in [1.807, 2.05) is 92.0 Å². The van der Waals surface area contributed by atoms with Crippen molar-refractivity contribution in [2.75, 3.05) is 0 Å². The van der Waals surface area contributed by atoms with E-state index < -0.39 is 5.95 Å². The van der Waals surface area contributed by atoms with Gasteiger partial charge < -0.3 is 4.74 Å². The van der Waals surface area contributed by atoms with E-state index in [1.54, 1.807) is 0 Å². The second-order valence-corrected chi connectivity index (χ2v) is 11.1. The topological polar surface area (TPSA) is 83.5 Å². The standard InChI is InChI=1S/C37H26FN7O/c1-23-10-12-25(13-11-23)34-35(37-41-21-39-22-42-37)45(43-36(34)38)26-6-5-7-27(19-26)46-28-14-15-30-29-8-3-4-9-31(29)44(32(30)20-28)33-18-24(2)16-17-40-33/h3-22H,1-2H3. The zero-order valence-corrected chi connectivity index (χ0v) is 25.0. The summed E-state index contributed by atoms with van der Waals surface area (Å²) in [5.41, 5.74) is 6.20. The Morgan fingerprint density at radius 2 is 1.46 bits per heavy atom. The fourth-order valence-electron chi connectivity index (χ4n) is 5.84. The third-order valence-electron chi connectivity index (χ3n) is 7.96. The van der Waals surface area contributed by atoms with Gasteiger partial charge in [-0.2, -0.15) is 4.39 Å². The number of ether oxygens (including phenoxy) is 1. The molecular formula is C37H26FN7O. The molecule has 0 aliphatic heterocycles. The summed E-state index contributed by atoms with van der Waals surface area (Å²) in [4.78, 5) is 17.3. The highest BCUT2D eigenvalue weighted by Crippen LogP contribution is 2.37. The maximum atomic E-state index is 15.7. The molecule has 4 aromatic carbocycles. The van der Waals surface area contributed by atoms with E-state index in [4.69, 9.17) is 4.74 Å². The van der Waals surface area contributed by atoms with Gasteiger partial charge in [0.15, 0.2) is 5.82 Å². The van der Waals surface area contributed by atoms with E-state index in [1.165, 1.54) is 17.3 Å². The summed E-state index contributed by atoms with van der Waals surface area (Å²) >= 11 is 0. The van der Waals surface area contributed by atoms with Gasteiger partial charge in [0, 0.05) is 29.1 Å². The molecule has 4 aromatic heterocycles. The minimum Gasteiger partial charge on any atom is -0.457 e. The molecule has 0 amide bonds. The Kier molecular flexibility index (Phi) is 6.57. The quantitative estimate of drug-likeness (QED) is 0.190. The molecule has 0 unspecified atom stereocenters. The first-order chi connectivity index (χ1) is 22.5. The van der Waals surface area contributed by atoms with Gasteiger partial charge >= 0.3 is 0 Å². The largest absolute Gasteiger partial charge is 0.457 e. The number of aryl methyl sites for hydroxylation is 2. The number of aromatic nitrogens is 7. The van der Waals surface area contributed by atoms with Crippen molar-refractivity contribution < 1.29 is 9.13 Å². The first kappa shape index (κ1) is 27.3. The molecule has 0 fully saturated rings. The summed E-state index contributed by atoms with van der Waals surface area (Å²) in [6.07, 6.45) is 4.60. The molecule has 4 heterocycles. The second-order valence-electron chi connectivity index (χ2n) is 11.1. The second kappa shape index (κ2) is 11.0. The van der Waals surface area contributed by atoms with Crippen LogP contribution in [0, 0.1) is 19.8 Å². The highest BCUT2D eigenvalue weighted by Gasteiger charge is 2.24.